The third kappa shape index (κ3) is 2.83. The molecule has 1 aliphatic rings. The molecule has 2 heteroatoms. The number of nitrogens with one attached hydrogen (secondary N) is 1. The molecule has 1 aromatic rings. The molecule has 1 saturated heterocycles. The molecule has 0 aliphatic carbocycles. The Balaban J connectivity index is 2.04. The molecule has 1 N–H and O–H groups in total. The lowest BCUT2D eigenvalue weighted by Crippen LogP contribution is -2.25. The molecule has 1 atom stereocenters. The highest BCUT2D eigenvalue weighted by atomic mass is 15.1. The monoisotopic (exact) mass is 218 g/mol. The van der Waals surface area contributed by atoms with Crippen LogP contribution in [0.15, 0.2) is 24.3 Å². The van der Waals surface area contributed by atoms with Gasteiger partial charge in [0.05, 0.1) is 0 Å². The van der Waals surface area contributed by atoms with Crippen LogP contribution in [0.3, 0.4) is 0 Å². The summed E-state index contributed by atoms with van der Waals surface area (Å²) >= 11 is 0. The minimum Gasteiger partial charge on any atom is -0.309 e. The minimum atomic E-state index is 0.538. The number of rotatable bonds is 2. The second-order valence-electron chi connectivity index (χ2n) is 4.69. The lowest BCUT2D eigenvalue weighted by atomic mass is 10.0. The zero-order chi connectivity index (χ0) is 11.4. The summed E-state index contributed by atoms with van der Waals surface area (Å²) in [6.45, 7) is 5.64. The van der Waals surface area contributed by atoms with Gasteiger partial charge in [-0.3, -0.25) is 0 Å². The van der Waals surface area contributed by atoms with E-state index in [0.717, 1.165) is 19.5 Å². The first-order chi connectivity index (χ1) is 7.79. The summed E-state index contributed by atoms with van der Waals surface area (Å²) in [7, 11) is 2.20. The van der Waals surface area contributed by atoms with Crippen molar-refractivity contribution in [3.05, 3.63) is 35.4 Å². The van der Waals surface area contributed by atoms with Gasteiger partial charge in [0.2, 0.25) is 0 Å². The highest BCUT2D eigenvalue weighted by Gasteiger charge is 2.15. The Labute approximate surface area is 98.7 Å². The molecule has 0 aromatic heterocycles. The maximum absolute atomic E-state index is 3.62. The Morgan fingerprint density at radius 2 is 2.00 bits per heavy atom. The Bertz CT molecular complexity index is 318. The summed E-state index contributed by atoms with van der Waals surface area (Å²) in [5, 5.41) is 3.62. The number of benzene rings is 1. The van der Waals surface area contributed by atoms with Crippen LogP contribution in [-0.2, 0) is 6.42 Å². The Morgan fingerprint density at radius 1 is 1.25 bits per heavy atom. The first-order valence-corrected chi connectivity index (χ1v) is 6.30. The van der Waals surface area contributed by atoms with Crippen molar-refractivity contribution >= 4 is 0 Å². The summed E-state index contributed by atoms with van der Waals surface area (Å²) < 4.78 is 0. The van der Waals surface area contributed by atoms with Gasteiger partial charge in [0, 0.05) is 19.1 Å². The Morgan fingerprint density at radius 3 is 2.69 bits per heavy atom. The largest absolute Gasteiger partial charge is 0.309 e. The van der Waals surface area contributed by atoms with Gasteiger partial charge in [-0.25, -0.2) is 0 Å². The van der Waals surface area contributed by atoms with E-state index in [-0.39, 0.29) is 0 Å². The van der Waals surface area contributed by atoms with Gasteiger partial charge >= 0.3 is 0 Å². The molecule has 1 aliphatic heterocycles. The molecule has 1 aromatic carbocycles. The second kappa shape index (κ2) is 5.46. The summed E-state index contributed by atoms with van der Waals surface area (Å²) in [5.74, 6) is 0. The van der Waals surface area contributed by atoms with Crippen LogP contribution in [-0.4, -0.2) is 31.6 Å². The van der Waals surface area contributed by atoms with Gasteiger partial charge in [0.25, 0.3) is 0 Å². The molecule has 1 heterocycles. The molecule has 0 spiro atoms. The third-order valence-corrected chi connectivity index (χ3v) is 3.47. The summed E-state index contributed by atoms with van der Waals surface area (Å²) in [6.07, 6.45) is 2.34. The predicted octanol–water partition coefficient (Wildman–Crippen LogP) is 2.22. The average molecular weight is 218 g/mol. The minimum absolute atomic E-state index is 0.538. The normalized spacial score (nSPS) is 23.0. The number of likely N-dealkylation sites (N-methyl/N-ethyl adjacent to an activating group) is 1. The van der Waals surface area contributed by atoms with E-state index in [2.05, 4.69) is 48.5 Å². The standard InChI is InChI=1S/C14H22N2/c1-3-12-4-6-13(7-5-12)14-8-10-16(2)11-9-15-14/h4-7,14-15H,3,8-11H2,1-2H3. The van der Waals surface area contributed by atoms with Crippen LogP contribution in [0.25, 0.3) is 0 Å². The molecule has 0 amide bonds. The number of aryl methyl sites for hydroxylation is 1. The summed E-state index contributed by atoms with van der Waals surface area (Å²) in [4.78, 5) is 2.40. The number of nitrogens with zero attached hydrogens (tertiary/aromatic N) is 1. The fourth-order valence-corrected chi connectivity index (χ4v) is 2.26. The van der Waals surface area contributed by atoms with Gasteiger partial charge in [-0.1, -0.05) is 31.2 Å². The van der Waals surface area contributed by atoms with Gasteiger partial charge in [0.15, 0.2) is 0 Å². The molecule has 0 bridgehead atoms. The van der Waals surface area contributed by atoms with Gasteiger partial charge in [-0.2, -0.15) is 0 Å². The molecule has 88 valence electrons. The highest BCUT2D eigenvalue weighted by Crippen LogP contribution is 2.19. The molecular formula is C14H22N2. The molecular weight excluding hydrogens is 196 g/mol. The number of hydrogen-bond acceptors (Lipinski definition) is 2. The van der Waals surface area contributed by atoms with E-state index in [0.29, 0.717) is 6.04 Å². The Hall–Kier alpha value is -0.860. The van der Waals surface area contributed by atoms with Gasteiger partial charge in [0.1, 0.15) is 0 Å². The van der Waals surface area contributed by atoms with E-state index in [4.69, 9.17) is 0 Å². The summed E-state index contributed by atoms with van der Waals surface area (Å²) in [5.41, 5.74) is 2.86. The Kier molecular flexibility index (Phi) is 3.97. The third-order valence-electron chi connectivity index (χ3n) is 3.47. The van der Waals surface area contributed by atoms with Crippen LogP contribution >= 0.6 is 0 Å². The van der Waals surface area contributed by atoms with E-state index in [9.17, 15) is 0 Å². The first-order valence-electron chi connectivity index (χ1n) is 6.30. The quantitative estimate of drug-likeness (QED) is 0.819. The van der Waals surface area contributed by atoms with Crippen molar-refractivity contribution in [3.8, 4) is 0 Å². The van der Waals surface area contributed by atoms with Gasteiger partial charge in [-0.05, 0) is 37.6 Å². The van der Waals surface area contributed by atoms with Crippen LogP contribution < -0.4 is 5.32 Å². The van der Waals surface area contributed by atoms with E-state index < -0.39 is 0 Å². The smallest absolute Gasteiger partial charge is 0.0332 e. The fraction of sp³-hybridized carbons (Fsp3) is 0.571. The van der Waals surface area contributed by atoms with Gasteiger partial charge < -0.3 is 10.2 Å². The average Bonchev–Trinajstić information content (AvgIpc) is 2.54. The molecule has 1 fully saturated rings. The van der Waals surface area contributed by atoms with Crippen molar-refractivity contribution in [2.75, 3.05) is 26.7 Å². The van der Waals surface area contributed by atoms with Crippen molar-refractivity contribution in [2.45, 2.75) is 25.8 Å². The summed E-state index contributed by atoms with van der Waals surface area (Å²) in [6, 6.07) is 9.61. The topological polar surface area (TPSA) is 15.3 Å². The van der Waals surface area contributed by atoms with E-state index >= 15 is 0 Å². The predicted molar refractivity (Wildman–Crippen MR) is 68.7 cm³/mol. The lowest BCUT2D eigenvalue weighted by molar-refractivity contribution is 0.355. The zero-order valence-corrected chi connectivity index (χ0v) is 10.4. The second-order valence-corrected chi connectivity index (χ2v) is 4.69. The van der Waals surface area contributed by atoms with Crippen molar-refractivity contribution in [2.24, 2.45) is 0 Å². The van der Waals surface area contributed by atoms with Crippen molar-refractivity contribution in [3.63, 3.8) is 0 Å². The van der Waals surface area contributed by atoms with Crippen LogP contribution in [0, 0.1) is 0 Å². The maximum atomic E-state index is 3.62. The number of hydrogen-bond donors (Lipinski definition) is 1. The molecule has 0 radical (unpaired) electrons. The molecule has 1 unspecified atom stereocenters. The molecule has 2 nitrogen and oxygen atoms in total. The highest BCUT2D eigenvalue weighted by molar-refractivity contribution is 5.25. The van der Waals surface area contributed by atoms with Crippen molar-refractivity contribution in [1.29, 1.82) is 0 Å². The van der Waals surface area contributed by atoms with E-state index in [1.54, 1.807) is 0 Å². The van der Waals surface area contributed by atoms with Gasteiger partial charge in [-0.15, -0.1) is 0 Å². The van der Waals surface area contributed by atoms with Crippen LogP contribution in [0.5, 0.6) is 0 Å². The van der Waals surface area contributed by atoms with Crippen LogP contribution in [0.4, 0.5) is 0 Å². The van der Waals surface area contributed by atoms with Crippen molar-refractivity contribution < 1.29 is 0 Å². The SMILES string of the molecule is CCc1ccc(C2CCN(C)CCN2)cc1. The molecule has 16 heavy (non-hydrogen) atoms. The van der Waals surface area contributed by atoms with E-state index in [1.165, 1.54) is 24.1 Å². The first kappa shape index (κ1) is 11.6. The molecule has 2 rings (SSSR count). The maximum Gasteiger partial charge on any atom is 0.0332 e. The zero-order valence-electron chi connectivity index (χ0n) is 10.4. The lowest BCUT2D eigenvalue weighted by Gasteiger charge is -2.16. The van der Waals surface area contributed by atoms with E-state index in [1.807, 2.05) is 0 Å². The van der Waals surface area contributed by atoms with Crippen LogP contribution in [0.1, 0.15) is 30.5 Å². The van der Waals surface area contributed by atoms with Crippen LogP contribution in [0.2, 0.25) is 0 Å². The fourth-order valence-electron chi connectivity index (χ4n) is 2.26. The van der Waals surface area contributed by atoms with Crippen molar-refractivity contribution in [1.82, 2.24) is 10.2 Å². The molecule has 0 saturated carbocycles.